The number of carbonyl (C=O) groups excluding carboxylic acids is 2. The van der Waals surface area contributed by atoms with Gasteiger partial charge in [-0.05, 0) is 59.9 Å². The quantitative estimate of drug-likeness (QED) is 0.399. The van der Waals surface area contributed by atoms with Crippen molar-refractivity contribution < 1.29 is 38.0 Å². The van der Waals surface area contributed by atoms with Crippen LogP contribution in [0, 0.1) is 11.8 Å². The summed E-state index contributed by atoms with van der Waals surface area (Å²) in [6, 6.07) is 14.4. The van der Waals surface area contributed by atoms with Gasteiger partial charge in [0.2, 0.25) is 12.5 Å². The lowest BCUT2D eigenvalue weighted by Crippen LogP contribution is -2.23. The van der Waals surface area contributed by atoms with Crippen molar-refractivity contribution in [3.63, 3.8) is 0 Å². The number of rotatable bonds is 4. The molecule has 0 N–H and O–H groups in total. The standard InChI is InChI=1S/C28H24O8/c1-31-23-11-17-9-20-18(13-33-28(20)30)8-16-10-21-22(35-14-34-21)12-19(16)24(17)26(32-2)25(23)36-27(29)15-6-4-3-5-7-15/h3-7,10-12,18,20H,8-9,13-14H2,1-2H3/t18-,20+/m0/s1. The second-order valence-corrected chi connectivity index (χ2v) is 9.00. The molecule has 0 spiro atoms. The Labute approximate surface area is 207 Å². The summed E-state index contributed by atoms with van der Waals surface area (Å²) in [6.45, 7) is 0.506. The molecule has 0 aromatic heterocycles. The molecule has 1 saturated heterocycles. The van der Waals surface area contributed by atoms with E-state index in [1.54, 1.807) is 24.3 Å². The van der Waals surface area contributed by atoms with Gasteiger partial charge in [0, 0.05) is 11.5 Å². The Balaban J connectivity index is 1.57. The van der Waals surface area contributed by atoms with Crippen LogP contribution in [-0.2, 0) is 22.4 Å². The SMILES string of the molecule is COc1cc2c(c(OC)c1OC(=O)c1ccccc1)-c1cc3c(cc1C[C@H]1COC(=O)[C@@H]1C2)OCO3. The molecule has 3 aromatic rings. The van der Waals surface area contributed by atoms with Crippen LogP contribution in [0.3, 0.4) is 0 Å². The number of hydrogen-bond acceptors (Lipinski definition) is 8. The van der Waals surface area contributed by atoms with Crippen molar-refractivity contribution in [1.29, 1.82) is 0 Å². The highest BCUT2D eigenvalue weighted by atomic mass is 16.7. The molecule has 3 aliphatic rings. The number of methoxy groups -OCH3 is 2. The summed E-state index contributed by atoms with van der Waals surface area (Å²) >= 11 is 0. The fourth-order valence-corrected chi connectivity index (χ4v) is 5.25. The number of esters is 2. The maximum atomic E-state index is 13.0. The van der Waals surface area contributed by atoms with E-state index in [2.05, 4.69) is 0 Å². The van der Waals surface area contributed by atoms with E-state index in [0.29, 0.717) is 48.0 Å². The normalized spacial score (nSPS) is 19.2. The minimum atomic E-state index is -0.539. The van der Waals surface area contributed by atoms with Crippen LogP contribution in [0.4, 0.5) is 0 Å². The second kappa shape index (κ2) is 8.78. The Morgan fingerprint density at radius 3 is 2.42 bits per heavy atom. The molecule has 1 aliphatic carbocycles. The number of cyclic esters (lactones) is 1. The Kier molecular flexibility index (Phi) is 5.44. The van der Waals surface area contributed by atoms with Crippen molar-refractivity contribution in [1.82, 2.24) is 0 Å². The monoisotopic (exact) mass is 488 g/mol. The van der Waals surface area contributed by atoms with Crippen LogP contribution >= 0.6 is 0 Å². The highest BCUT2D eigenvalue weighted by Gasteiger charge is 2.41. The molecule has 1 fully saturated rings. The van der Waals surface area contributed by atoms with Crippen LogP contribution in [0.2, 0.25) is 0 Å². The summed E-state index contributed by atoms with van der Waals surface area (Å²) in [7, 11) is 3.02. The van der Waals surface area contributed by atoms with Crippen molar-refractivity contribution in [2.75, 3.05) is 27.6 Å². The van der Waals surface area contributed by atoms with Crippen LogP contribution < -0.4 is 23.7 Å². The molecular weight excluding hydrogens is 464 g/mol. The van der Waals surface area contributed by atoms with Crippen molar-refractivity contribution >= 4 is 11.9 Å². The van der Waals surface area contributed by atoms with Crippen molar-refractivity contribution in [2.24, 2.45) is 11.8 Å². The highest BCUT2D eigenvalue weighted by Crippen LogP contribution is 2.52. The van der Waals surface area contributed by atoms with Crippen LogP contribution in [0.5, 0.6) is 28.7 Å². The molecule has 8 heteroatoms. The van der Waals surface area contributed by atoms with Gasteiger partial charge in [0.1, 0.15) is 0 Å². The van der Waals surface area contributed by atoms with E-state index in [1.165, 1.54) is 14.2 Å². The van der Waals surface area contributed by atoms with Gasteiger partial charge in [-0.2, -0.15) is 0 Å². The average Bonchev–Trinajstić information content (AvgIpc) is 3.49. The second-order valence-electron chi connectivity index (χ2n) is 9.00. The van der Waals surface area contributed by atoms with Gasteiger partial charge >= 0.3 is 11.9 Å². The molecule has 2 atom stereocenters. The molecule has 0 bridgehead atoms. The third kappa shape index (κ3) is 3.61. The molecule has 8 nitrogen and oxygen atoms in total. The maximum absolute atomic E-state index is 13.0. The van der Waals surface area contributed by atoms with Crippen LogP contribution in [0.25, 0.3) is 11.1 Å². The van der Waals surface area contributed by atoms with E-state index in [9.17, 15) is 9.59 Å². The van der Waals surface area contributed by atoms with Gasteiger partial charge in [0.05, 0.1) is 32.3 Å². The predicted molar refractivity (Wildman–Crippen MR) is 128 cm³/mol. The average molecular weight is 488 g/mol. The molecule has 2 heterocycles. The zero-order chi connectivity index (χ0) is 24.8. The molecular formula is C28H24O8. The topological polar surface area (TPSA) is 89.5 Å². The minimum absolute atomic E-state index is 0.0253. The first kappa shape index (κ1) is 22.3. The first-order chi connectivity index (χ1) is 17.6. The van der Waals surface area contributed by atoms with Gasteiger partial charge in [0.25, 0.3) is 0 Å². The lowest BCUT2D eigenvalue weighted by Gasteiger charge is -2.27. The summed E-state index contributed by atoms with van der Waals surface area (Å²) in [5.41, 5.74) is 3.78. The molecule has 2 aliphatic heterocycles. The molecule has 0 radical (unpaired) electrons. The van der Waals surface area contributed by atoms with Crippen molar-refractivity contribution in [3.05, 3.63) is 65.2 Å². The lowest BCUT2D eigenvalue weighted by atomic mass is 9.77. The summed E-state index contributed by atoms with van der Waals surface area (Å²) in [4.78, 5) is 25.7. The maximum Gasteiger partial charge on any atom is 0.343 e. The third-order valence-electron chi connectivity index (χ3n) is 7.01. The number of ether oxygens (including phenoxy) is 6. The van der Waals surface area contributed by atoms with Gasteiger partial charge < -0.3 is 28.4 Å². The van der Waals surface area contributed by atoms with Gasteiger partial charge in [-0.3, -0.25) is 4.79 Å². The summed E-state index contributed by atoms with van der Waals surface area (Å²) in [6.07, 6.45) is 1.06. The zero-order valence-electron chi connectivity index (χ0n) is 19.9. The van der Waals surface area contributed by atoms with Crippen LogP contribution in [0.15, 0.2) is 48.5 Å². The van der Waals surface area contributed by atoms with Gasteiger partial charge in [0.15, 0.2) is 23.0 Å². The molecule has 0 saturated carbocycles. The van der Waals surface area contributed by atoms with E-state index in [1.807, 2.05) is 24.3 Å². The summed E-state index contributed by atoms with van der Waals surface area (Å²) in [5.74, 6) is 1.08. The van der Waals surface area contributed by atoms with Gasteiger partial charge in [-0.1, -0.05) is 18.2 Å². The molecule has 184 valence electrons. The van der Waals surface area contributed by atoms with E-state index in [4.69, 9.17) is 28.4 Å². The first-order valence-corrected chi connectivity index (χ1v) is 11.7. The van der Waals surface area contributed by atoms with Gasteiger partial charge in [-0.25, -0.2) is 4.79 Å². The lowest BCUT2D eigenvalue weighted by molar-refractivity contribution is -0.141. The Bertz CT molecular complexity index is 1360. The van der Waals surface area contributed by atoms with Crippen LogP contribution in [-0.4, -0.2) is 39.6 Å². The molecule has 6 rings (SSSR count). The molecule has 36 heavy (non-hydrogen) atoms. The van der Waals surface area contributed by atoms with E-state index >= 15 is 0 Å². The van der Waals surface area contributed by atoms with Crippen LogP contribution in [0.1, 0.15) is 21.5 Å². The predicted octanol–water partition coefficient (Wildman–Crippen LogP) is 4.21. The molecule has 0 unspecified atom stereocenters. The highest BCUT2D eigenvalue weighted by molar-refractivity contribution is 5.93. The fourth-order valence-electron chi connectivity index (χ4n) is 5.25. The Morgan fingerprint density at radius 2 is 1.67 bits per heavy atom. The Hall–Kier alpha value is -4.20. The minimum Gasteiger partial charge on any atom is -0.493 e. The van der Waals surface area contributed by atoms with Crippen molar-refractivity contribution in [2.45, 2.75) is 12.8 Å². The van der Waals surface area contributed by atoms with Crippen molar-refractivity contribution in [3.8, 4) is 39.9 Å². The van der Waals surface area contributed by atoms with E-state index in [0.717, 1.165) is 22.3 Å². The zero-order valence-corrected chi connectivity index (χ0v) is 19.9. The number of carbonyl (C=O) groups is 2. The first-order valence-electron chi connectivity index (χ1n) is 11.7. The largest absolute Gasteiger partial charge is 0.493 e. The van der Waals surface area contributed by atoms with Gasteiger partial charge in [-0.15, -0.1) is 0 Å². The third-order valence-corrected chi connectivity index (χ3v) is 7.01. The van der Waals surface area contributed by atoms with E-state index < -0.39 is 5.97 Å². The summed E-state index contributed by atoms with van der Waals surface area (Å²) in [5, 5.41) is 0. The molecule has 3 aromatic carbocycles. The number of benzene rings is 3. The fraction of sp³-hybridized carbons (Fsp3) is 0.286. The number of fused-ring (bicyclic) bond motifs is 5. The summed E-state index contributed by atoms with van der Waals surface area (Å²) < 4.78 is 34.1. The Morgan fingerprint density at radius 1 is 0.889 bits per heavy atom. The smallest absolute Gasteiger partial charge is 0.343 e. The van der Waals surface area contributed by atoms with E-state index in [-0.39, 0.29) is 30.3 Å². The molecule has 0 amide bonds. The number of hydrogen-bond donors (Lipinski definition) is 0.